The average molecular weight is 263 g/mol. The maximum atomic E-state index is 11.5. The predicted molar refractivity (Wildman–Crippen MR) is 74.5 cm³/mol. The molecule has 1 aromatic rings. The van der Waals surface area contributed by atoms with Gasteiger partial charge in [-0.1, -0.05) is 13.0 Å². The van der Waals surface area contributed by atoms with E-state index >= 15 is 0 Å². The number of carbonyl (C=O) groups is 1. The van der Waals surface area contributed by atoms with Crippen LogP contribution in [0.1, 0.15) is 36.5 Å². The zero-order chi connectivity index (χ0) is 13.7. The second-order valence-corrected chi connectivity index (χ2v) is 4.84. The number of esters is 1. The fraction of sp³-hybridized carbons (Fsp3) is 0.533. The number of carbonyl (C=O) groups excluding carboxylic acids is 1. The molecule has 0 radical (unpaired) electrons. The van der Waals surface area contributed by atoms with Crippen LogP contribution in [0.5, 0.6) is 0 Å². The van der Waals surface area contributed by atoms with Crippen molar-refractivity contribution < 1.29 is 14.3 Å². The summed E-state index contributed by atoms with van der Waals surface area (Å²) in [6.07, 6.45) is 3.40. The van der Waals surface area contributed by atoms with Crippen LogP contribution in [0.3, 0.4) is 0 Å². The number of anilines is 1. The summed E-state index contributed by atoms with van der Waals surface area (Å²) in [7, 11) is 1.40. The molecule has 0 spiro atoms. The average Bonchev–Trinajstić information content (AvgIpc) is 2.47. The number of hydrogen-bond acceptors (Lipinski definition) is 4. The molecule has 4 heteroatoms. The lowest BCUT2D eigenvalue weighted by Gasteiger charge is -2.30. The minimum absolute atomic E-state index is 0.304. The number of nitrogens with one attached hydrogen (secondary N) is 1. The summed E-state index contributed by atoms with van der Waals surface area (Å²) in [5.41, 5.74) is 1.54. The highest BCUT2D eigenvalue weighted by Gasteiger charge is 2.21. The first-order chi connectivity index (χ1) is 9.22. The van der Waals surface area contributed by atoms with E-state index in [1.54, 1.807) is 6.07 Å². The summed E-state index contributed by atoms with van der Waals surface area (Å²) in [5.74, 6) is -0.304. The molecule has 4 nitrogen and oxygen atoms in total. The Kier molecular flexibility index (Phi) is 4.80. The first-order valence-electron chi connectivity index (χ1n) is 6.79. The van der Waals surface area contributed by atoms with Crippen molar-refractivity contribution in [3.05, 3.63) is 29.8 Å². The molecule has 1 fully saturated rings. The quantitative estimate of drug-likeness (QED) is 0.849. The smallest absolute Gasteiger partial charge is 0.337 e. The van der Waals surface area contributed by atoms with Crippen LogP contribution < -0.4 is 5.32 Å². The van der Waals surface area contributed by atoms with Gasteiger partial charge in [0.25, 0.3) is 0 Å². The van der Waals surface area contributed by atoms with E-state index in [1.807, 2.05) is 18.2 Å². The third-order valence-corrected chi connectivity index (χ3v) is 3.48. The van der Waals surface area contributed by atoms with Crippen molar-refractivity contribution in [2.45, 2.75) is 38.3 Å². The van der Waals surface area contributed by atoms with Crippen LogP contribution in [-0.2, 0) is 9.47 Å². The van der Waals surface area contributed by atoms with E-state index in [4.69, 9.17) is 9.47 Å². The fourth-order valence-corrected chi connectivity index (χ4v) is 2.39. The molecule has 2 unspecified atom stereocenters. The van der Waals surface area contributed by atoms with Gasteiger partial charge >= 0.3 is 5.97 Å². The Morgan fingerprint density at radius 3 is 3.11 bits per heavy atom. The summed E-state index contributed by atoms with van der Waals surface area (Å²) >= 11 is 0. The molecule has 0 amide bonds. The molecule has 0 saturated carbocycles. The van der Waals surface area contributed by atoms with Crippen molar-refractivity contribution in [3.63, 3.8) is 0 Å². The molecule has 1 N–H and O–H groups in total. The van der Waals surface area contributed by atoms with Crippen LogP contribution in [0.25, 0.3) is 0 Å². The van der Waals surface area contributed by atoms with E-state index in [9.17, 15) is 4.79 Å². The second kappa shape index (κ2) is 6.57. The first-order valence-corrected chi connectivity index (χ1v) is 6.79. The number of ether oxygens (including phenoxy) is 2. The monoisotopic (exact) mass is 263 g/mol. The van der Waals surface area contributed by atoms with Crippen LogP contribution in [-0.4, -0.2) is 31.8 Å². The van der Waals surface area contributed by atoms with E-state index in [0.29, 0.717) is 17.7 Å². The van der Waals surface area contributed by atoms with Crippen molar-refractivity contribution in [2.75, 3.05) is 19.0 Å². The van der Waals surface area contributed by atoms with E-state index in [1.165, 1.54) is 7.11 Å². The molecule has 1 saturated heterocycles. The predicted octanol–water partition coefficient (Wildman–Crippen LogP) is 2.84. The highest BCUT2D eigenvalue weighted by molar-refractivity contribution is 5.90. The molecule has 19 heavy (non-hydrogen) atoms. The van der Waals surface area contributed by atoms with E-state index in [-0.39, 0.29) is 5.97 Å². The lowest BCUT2D eigenvalue weighted by molar-refractivity contribution is 0.00925. The normalized spacial score (nSPS) is 22.8. The highest BCUT2D eigenvalue weighted by atomic mass is 16.5. The van der Waals surface area contributed by atoms with Gasteiger partial charge in [-0.05, 0) is 37.5 Å². The minimum atomic E-state index is -0.304. The molecule has 0 aromatic heterocycles. The topological polar surface area (TPSA) is 47.6 Å². The van der Waals surface area contributed by atoms with Gasteiger partial charge in [0.15, 0.2) is 0 Å². The Labute approximate surface area is 114 Å². The molecule has 0 aliphatic carbocycles. The molecule has 1 heterocycles. The zero-order valence-electron chi connectivity index (χ0n) is 11.5. The Hall–Kier alpha value is -1.55. The summed E-state index contributed by atoms with van der Waals surface area (Å²) < 4.78 is 10.4. The molecular formula is C15H21NO3. The molecule has 1 aliphatic rings. The molecule has 0 bridgehead atoms. The first kappa shape index (κ1) is 13.9. The van der Waals surface area contributed by atoms with Crippen LogP contribution in [0.2, 0.25) is 0 Å². The highest BCUT2D eigenvalue weighted by Crippen LogP contribution is 2.21. The number of methoxy groups -OCH3 is 1. The lowest BCUT2D eigenvalue weighted by atomic mass is 10.0. The Balaban J connectivity index is 2.00. The van der Waals surface area contributed by atoms with Crippen molar-refractivity contribution in [1.82, 2.24) is 0 Å². The molecule has 1 aromatic carbocycles. The largest absolute Gasteiger partial charge is 0.465 e. The lowest BCUT2D eigenvalue weighted by Crippen LogP contribution is -2.33. The zero-order valence-corrected chi connectivity index (χ0v) is 11.5. The Bertz CT molecular complexity index is 433. The molecule has 104 valence electrons. The van der Waals surface area contributed by atoms with E-state index in [2.05, 4.69) is 12.2 Å². The van der Waals surface area contributed by atoms with E-state index < -0.39 is 0 Å². The second-order valence-electron chi connectivity index (χ2n) is 4.84. The molecule has 2 rings (SSSR count). The van der Waals surface area contributed by atoms with Gasteiger partial charge in [-0.2, -0.15) is 0 Å². The van der Waals surface area contributed by atoms with Gasteiger partial charge in [0.2, 0.25) is 0 Å². The van der Waals surface area contributed by atoms with E-state index in [0.717, 1.165) is 31.6 Å². The fourth-order valence-electron chi connectivity index (χ4n) is 2.39. The third kappa shape index (κ3) is 3.70. The van der Waals surface area contributed by atoms with Crippen LogP contribution in [0, 0.1) is 0 Å². The Morgan fingerprint density at radius 2 is 2.37 bits per heavy atom. The Morgan fingerprint density at radius 1 is 1.53 bits per heavy atom. The van der Waals surface area contributed by atoms with Gasteiger partial charge in [-0.25, -0.2) is 4.79 Å². The third-order valence-electron chi connectivity index (χ3n) is 3.48. The van der Waals surface area contributed by atoms with Gasteiger partial charge in [-0.3, -0.25) is 0 Å². The van der Waals surface area contributed by atoms with Crippen molar-refractivity contribution in [2.24, 2.45) is 0 Å². The van der Waals surface area contributed by atoms with Gasteiger partial charge in [0.1, 0.15) is 0 Å². The van der Waals surface area contributed by atoms with Gasteiger partial charge in [-0.15, -0.1) is 0 Å². The summed E-state index contributed by atoms with van der Waals surface area (Å²) in [6.45, 7) is 2.94. The maximum absolute atomic E-state index is 11.5. The molecular weight excluding hydrogens is 242 g/mol. The summed E-state index contributed by atoms with van der Waals surface area (Å²) in [6, 6.07) is 7.85. The van der Waals surface area contributed by atoms with Crippen LogP contribution in [0.4, 0.5) is 5.69 Å². The van der Waals surface area contributed by atoms with Crippen LogP contribution in [0.15, 0.2) is 24.3 Å². The van der Waals surface area contributed by atoms with Gasteiger partial charge in [0.05, 0.1) is 18.8 Å². The van der Waals surface area contributed by atoms with Gasteiger partial charge in [0, 0.05) is 18.3 Å². The van der Waals surface area contributed by atoms with Crippen molar-refractivity contribution in [1.29, 1.82) is 0 Å². The van der Waals surface area contributed by atoms with Crippen molar-refractivity contribution >= 4 is 11.7 Å². The standard InChI is InChI=1S/C15H21NO3/c1-3-14-10-13(7-8-19-14)16-12-6-4-5-11(9-12)15(17)18-2/h4-6,9,13-14,16H,3,7-8,10H2,1-2H3. The molecule has 1 aliphatic heterocycles. The van der Waals surface area contributed by atoms with Crippen molar-refractivity contribution in [3.8, 4) is 0 Å². The SMILES string of the molecule is CCC1CC(Nc2cccc(C(=O)OC)c2)CCO1. The molecule has 2 atom stereocenters. The maximum Gasteiger partial charge on any atom is 0.337 e. The summed E-state index contributed by atoms with van der Waals surface area (Å²) in [4.78, 5) is 11.5. The van der Waals surface area contributed by atoms with Gasteiger partial charge < -0.3 is 14.8 Å². The van der Waals surface area contributed by atoms with Crippen LogP contribution >= 0.6 is 0 Å². The number of hydrogen-bond donors (Lipinski definition) is 1. The summed E-state index contributed by atoms with van der Waals surface area (Å²) in [5, 5.41) is 3.48. The minimum Gasteiger partial charge on any atom is -0.465 e. The number of rotatable bonds is 4. The number of benzene rings is 1.